The molecule has 1 saturated carbocycles. The second kappa shape index (κ2) is 3.57. The van der Waals surface area contributed by atoms with Crippen LogP contribution in [0.25, 0.3) is 0 Å². The first-order valence-electron chi connectivity index (χ1n) is 5.65. The molecule has 17 heavy (non-hydrogen) atoms. The van der Waals surface area contributed by atoms with Gasteiger partial charge in [-0.25, -0.2) is 4.98 Å². The number of halogens is 1. The molecule has 0 unspecified atom stereocenters. The van der Waals surface area contributed by atoms with Crippen LogP contribution in [0.1, 0.15) is 19.3 Å². The Balaban J connectivity index is 1.86. The van der Waals surface area contributed by atoms with Gasteiger partial charge in [-0.3, -0.25) is 10.1 Å². The van der Waals surface area contributed by atoms with E-state index in [4.69, 9.17) is 11.6 Å². The summed E-state index contributed by atoms with van der Waals surface area (Å²) in [5.74, 6) is 0.682. The van der Waals surface area contributed by atoms with Crippen molar-refractivity contribution in [3.8, 4) is 0 Å². The minimum atomic E-state index is -0.477. The molecule has 0 atom stereocenters. The van der Waals surface area contributed by atoms with Crippen LogP contribution in [-0.4, -0.2) is 23.0 Å². The Bertz CT molecular complexity index is 488. The summed E-state index contributed by atoms with van der Waals surface area (Å²) >= 11 is 6.06. The van der Waals surface area contributed by atoms with Gasteiger partial charge in [0.2, 0.25) is 0 Å². The summed E-state index contributed by atoms with van der Waals surface area (Å²) in [6.45, 7) is 1.93. The molecule has 0 bridgehead atoms. The van der Waals surface area contributed by atoms with E-state index in [1.807, 2.05) is 0 Å². The van der Waals surface area contributed by atoms with Crippen LogP contribution in [-0.2, 0) is 0 Å². The lowest BCUT2D eigenvalue weighted by molar-refractivity contribution is -0.385. The minimum absolute atomic E-state index is 0.0564. The minimum Gasteiger partial charge on any atom is -0.355 e. The third-order valence-corrected chi connectivity index (χ3v) is 3.99. The summed E-state index contributed by atoms with van der Waals surface area (Å²) in [7, 11) is 0. The highest BCUT2D eigenvalue weighted by Gasteiger charge is 2.48. The van der Waals surface area contributed by atoms with Crippen LogP contribution >= 0.6 is 11.6 Å². The summed E-state index contributed by atoms with van der Waals surface area (Å²) in [5.41, 5.74) is 0.436. The molecule has 1 saturated heterocycles. The molecule has 5 nitrogen and oxygen atoms in total. The Morgan fingerprint density at radius 3 is 2.76 bits per heavy atom. The Hall–Kier alpha value is -1.36. The molecule has 1 aromatic rings. The number of hydrogen-bond donors (Lipinski definition) is 0. The van der Waals surface area contributed by atoms with E-state index in [2.05, 4.69) is 9.88 Å². The molecule has 0 amide bonds. The van der Waals surface area contributed by atoms with E-state index in [-0.39, 0.29) is 5.69 Å². The molecule has 2 aliphatic rings. The number of aromatic nitrogens is 1. The van der Waals surface area contributed by atoms with Crippen molar-refractivity contribution >= 4 is 23.1 Å². The van der Waals surface area contributed by atoms with Gasteiger partial charge in [-0.15, -0.1) is 0 Å². The van der Waals surface area contributed by atoms with Gasteiger partial charge in [0, 0.05) is 19.2 Å². The van der Waals surface area contributed by atoms with Crippen LogP contribution in [0.2, 0.25) is 5.02 Å². The number of nitrogens with zero attached hydrogens (tertiary/aromatic N) is 3. The zero-order valence-corrected chi connectivity index (χ0v) is 9.98. The highest BCUT2D eigenvalue weighted by Crippen LogP contribution is 2.53. The number of nitro groups is 1. The summed E-state index contributed by atoms with van der Waals surface area (Å²) in [4.78, 5) is 16.4. The Morgan fingerprint density at radius 1 is 1.47 bits per heavy atom. The van der Waals surface area contributed by atoms with Crippen LogP contribution in [0.3, 0.4) is 0 Å². The van der Waals surface area contributed by atoms with E-state index >= 15 is 0 Å². The Labute approximate surface area is 104 Å². The maximum absolute atomic E-state index is 10.6. The van der Waals surface area contributed by atoms with Crippen molar-refractivity contribution < 1.29 is 4.92 Å². The van der Waals surface area contributed by atoms with Gasteiger partial charge in [-0.2, -0.15) is 0 Å². The van der Waals surface area contributed by atoms with Gasteiger partial charge in [0.1, 0.15) is 12.0 Å². The van der Waals surface area contributed by atoms with Crippen molar-refractivity contribution in [2.75, 3.05) is 18.0 Å². The summed E-state index contributed by atoms with van der Waals surface area (Å²) in [6, 6.07) is 1.38. The number of hydrogen-bond acceptors (Lipinski definition) is 4. The van der Waals surface area contributed by atoms with Crippen molar-refractivity contribution in [2.45, 2.75) is 19.3 Å². The first-order chi connectivity index (χ1) is 8.10. The summed E-state index contributed by atoms with van der Waals surface area (Å²) in [6.07, 6.45) is 5.03. The molecule has 0 N–H and O–H groups in total. The highest BCUT2D eigenvalue weighted by atomic mass is 35.5. The molecule has 3 rings (SSSR count). The van der Waals surface area contributed by atoms with E-state index in [1.54, 1.807) is 0 Å². The highest BCUT2D eigenvalue weighted by molar-refractivity contribution is 6.33. The second-order valence-corrected chi connectivity index (χ2v) is 5.33. The zero-order chi connectivity index (χ0) is 12.0. The van der Waals surface area contributed by atoms with E-state index in [0.29, 0.717) is 16.3 Å². The number of pyridine rings is 1. The van der Waals surface area contributed by atoms with Gasteiger partial charge < -0.3 is 4.90 Å². The molecule has 1 spiro atoms. The fourth-order valence-corrected chi connectivity index (χ4v) is 2.73. The Morgan fingerprint density at radius 2 is 2.24 bits per heavy atom. The van der Waals surface area contributed by atoms with Crippen LogP contribution in [0.5, 0.6) is 0 Å². The average molecular weight is 254 g/mol. The van der Waals surface area contributed by atoms with Crippen molar-refractivity contribution in [3.05, 3.63) is 27.4 Å². The third-order valence-electron chi connectivity index (χ3n) is 3.71. The molecular formula is C11H12ClN3O2. The van der Waals surface area contributed by atoms with Crippen LogP contribution in [0.15, 0.2) is 12.3 Å². The average Bonchev–Trinajstić information content (AvgIpc) is 2.90. The van der Waals surface area contributed by atoms with Crippen molar-refractivity contribution in [2.24, 2.45) is 5.41 Å². The molecule has 1 aromatic heterocycles. The SMILES string of the molecule is O=[N+]([O-])c1cnc(N2CCC3(CC3)C2)c(Cl)c1. The van der Waals surface area contributed by atoms with Gasteiger partial charge in [0.15, 0.2) is 0 Å². The van der Waals surface area contributed by atoms with Gasteiger partial charge in [-0.05, 0) is 24.7 Å². The second-order valence-electron chi connectivity index (χ2n) is 4.93. The fraction of sp³-hybridized carbons (Fsp3) is 0.545. The third kappa shape index (κ3) is 1.84. The quantitative estimate of drug-likeness (QED) is 0.601. The van der Waals surface area contributed by atoms with E-state index in [0.717, 1.165) is 13.1 Å². The number of anilines is 1. The topological polar surface area (TPSA) is 59.3 Å². The smallest absolute Gasteiger partial charge is 0.289 e. The molecule has 2 heterocycles. The van der Waals surface area contributed by atoms with Crippen LogP contribution in [0, 0.1) is 15.5 Å². The lowest BCUT2D eigenvalue weighted by Gasteiger charge is -2.18. The normalized spacial score (nSPS) is 20.9. The maximum Gasteiger partial charge on any atom is 0.289 e. The van der Waals surface area contributed by atoms with Crippen molar-refractivity contribution in [1.82, 2.24) is 4.98 Å². The number of rotatable bonds is 2. The molecule has 0 aromatic carbocycles. The van der Waals surface area contributed by atoms with E-state index in [1.165, 1.54) is 31.5 Å². The van der Waals surface area contributed by atoms with Gasteiger partial charge in [0.25, 0.3) is 5.69 Å². The molecule has 1 aliphatic carbocycles. The maximum atomic E-state index is 10.6. The Kier molecular flexibility index (Phi) is 2.26. The first-order valence-corrected chi connectivity index (χ1v) is 6.02. The molecular weight excluding hydrogens is 242 g/mol. The van der Waals surface area contributed by atoms with Crippen molar-refractivity contribution in [3.63, 3.8) is 0 Å². The summed E-state index contributed by atoms with van der Waals surface area (Å²) < 4.78 is 0. The van der Waals surface area contributed by atoms with Gasteiger partial charge >= 0.3 is 0 Å². The zero-order valence-electron chi connectivity index (χ0n) is 9.23. The van der Waals surface area contributed by atoms with Crippen LogP contribution in [0.4, 0.5) is 11.5 Å². The molecule has 1 aliphatic heterocycles. The van der Waals surface area contributed by atoms with Gasteiger partial charge in [0.05, 0.1) is 9.95 Å². The van der Waals surface area contributed by atoms with Gasteiger partial charge in [-0.1, -0.05) is 11.6 Å². The molecule has 90 valence electrons. The monoisotopic (exact) mass is 253 g/mol. The largest absolute Gasteiger partial charge is 0.355 e. The van der Waals surface area contributed by atoms with Crippen LogP contribution < -0.4 is 4.90 Å². The molecule has 2 fully saturated rings. The fourth-order valence-electron chi connectivity index (χ4n) is 2.45. The summed E-state index contributed by atoms with van der Waals surface area (Å²) in [5, 5.41) is 11.0. The predicted octanol–water partition coefficient (Wildman–Crippen LogP) is 2.63. The standard InChI is InChI=1S/C11H12ClN3O2/c12-9-5-8(15(16)17)6-13-10(9)14-4-3-11(7-14)1-2-11/h5-6H,1-4,7H2. The first kappa shape index (κ1) is 10.8. The molecule has 0 radical (unpaired) electrons. The van der Waals surface area contributed by atoms with E-state index < -0.39 is 4.92 Å². The lowest BCUT2D eigenvalue weighted by Crippen LogP contribution is -2.21. The lowest BCUT2D eigenvalue weighted by atomic mass is 10.1. The molecule has 6 heteroatoms. The van der Waals surface area contributed by atoms with E-state index in [9.17, 15) is 10.1 Å². The van der Waals surface area contributed by atoms with Crippen molar-refractivity contribution in [1.29, 1.82) is 0 Å². The predicted molar refractivity (Wildman–Crippen MR) is 64.4 cm³/mol.